The molecule has 2 heterocycles. The van der Waals surface area contributed by atoms with E-state index in [0.29, 0.717) is 20.0 Å². The smallest absolute Gasteiger partial charge is 0.161 e. The molecule has 4 rings (SSSR count). The lowest BCUT2D eigenvalue weighted by Gasteiger charge is -2.21. The van der Waals surface area contributed by atoms with Crippen LogP contribution in [0.15, 0.2) is 112 Å². The highest BCUT2D eigenvalue weighted by atomic mass is 35.7. The second-order valence-corrected chi connectivity index (χ2v) is 10.7. The van der Waals surface area contributed by atoms with E-state index in [1.807, 2.05) is 91.0 Å². The summed E-state index contributed by atoms with van der Waals surface area (Å²) in [5.74, 6) is 0. The summed E-state index contributed by atoms with van der Waals surface area (Å²) in [4.78, 5) is 1.16. The number of allylic oxidation sites excluding steroid dienone is 7. The zero-order valence-electron chi connectivity index (χ0n) is 18.3. The molecule has 0 amide bonds. The molecule has 9 heteroatoms. The Morgan fingerprint density at radius 2 is 1.32 bits per heavy atom. The predicted molar refractivity (Wildman–Crippen MR) is 128 cm³/mol. The van der Waals surface area contributed by atoms with Crippen molar-refractivity contribution in [2.45, 2.75) is 0 Å². The fourth-order valence-electron chi connectivity index (χ4n) is 3.33. The quantitative estimate of drug-likeness (QED) is 0.522. The highest BCUT2D eigenvalue weighted by molar-refractivity contribution is 8.20. The van der Waals surface area contributed by atoms with Gasteiger partial charge in [0.15, 0.2) is 10.2 Å². The molecule has 0 spiro atoms. The second kappa shape index (κ2) is 10.8. The standard InChI is InChI=1S/C25H21ClO6S2/c1-30-24-16-19(17-25(31-2)33-24)13-18-14-22(20-9-5-3-6-10-20)34(32-26(27,28)29)23(15-18)21-11-7-4-8-12-21/h3-17H,1-2H3. The van der Waals surface area contributed by atoms with E-state index in [2.05, 4.69) is 0 Å². The van der Waals surface area contributed by atoms with Gasteiger partial charge in [0.05, 0.1) is 34.2 Å². The fraction of sp³-hybridized carbons (Fsp3) is 0.0800. The van der Waals surface area contributed by atoms with Crippen LogP contribution in [0.25, 0.3) is 4.91 Å². The van der Waals surface area contributed by atoms with Crippen molar-refractivity contribution in [3.8, 4) is 0 Å². The number of hydrogen-bond acceptors (Lipinski definition) is 7. The molecule has 0 saturated carbocycles. The summed E-state index contributed by atoms with van der Waals surface area (Å²) in [5.41, 5.74) is 3.14. The molecule has 176 valence electrons. The van der Waals surface area contributed by atoms with Gasteiger partial charge in [-0.25, -0.2) is 0 Å². The average molecular weight is 517 g/mol. The summed E-state index contributed by atoms with van der Waals surface area (Å²) in [6, 6.07) is 18.5. The lowest BCUT2D eigenvalue weighted by Crippen LogP contribution is -2.60. The molecule has 2 aliphatic rings. The van der Waals surface area contributed by atoms with Crippen molar-refractivity contribution in [1.82, 2.24) is 0 Å². The lowest BCUT2D eigenvalue weighted by molar-refractivity contribution is -1.91. The number of halogens is 1. The number of methoxy groups -OCH3 is 2. The number of hydrogen-bond donors (Lipinski definition) is 0. The molecule has 2 aromatic rings. The lowest BCUT2D eigenvalue weighted by atomic mass is 10.0. The molecule has 2 aromatic carbocycles. The molecule has 34 heavy (non-hydrogen) atoms. The first-order chi connectivity index (χ1) is 16.4. The third kappa shape index (κ3) is 6.11. The third-order valence-electron chi connectivity index (χ3n) is 4.76. The highest BCUT2D eigenvalue weighted by Gasteiger charge is 2.31. The van der Waals surface area contributed by atoms with E-state index >= 15 is 0 Å². The van der Waals surface area contributed by atoms with Crippen LogP contribution in [0.4, 0.5) is 0 Å². The predicted octanol–water partition coefficient (Wildman–Crippen LogP) is 2.93. The number of ether oxygens (including phenoxy) is 2. The van der Waals surface area contributed by atoms with Gasteiger partial charge in [0.25, 0.3) is 0 Å². The Morgan fingerprint density at radius 1 is 0.765 bits per heavy atom. The van der Waals surface area contributed by atoms with Gasteiger partial charge < -0.3 is 9.47 Å². The second-order valence-electron chi connectivity index (χ2n) is 7.04. The third-order valence-corrected chi connectivity index (χ3v) is 8.36. The molecule has 0 radical (unpaired) electrons. The first-order valence-electron chi connectivity index (χ1n) is 10.0. The Morgan fingerprint density at radius 3 is 1.85 bits per heavy atom. The molecular formula is C25H21ClO6S2. The molecule has 1 unspecified atom stereocenters. The van der Waals surface area contributed by atoms with Crippen LogP contribution in [0.2, 0.25) is 0 Å². The van der Waals surface area contributed by atoms with E-state index in [-0.39, 0.29) is 0 Å². The van der Waals surface area contributed by atoms with Gasteiger partial charge in [-0.1, -0.05) is 60.7 Å². The molecule has 0 aliphatic carbocycles. The fourth-order valence-corrected chi connectivity index (χ4v) is 6.67. The minimum Gasteiger partial charge on any atom is -0.490 e. The number of thioether (sulfide) groups is 1. The zero-order valence-corrected chi connectivity index (χ0v) is 20.7. The molecule has 0 saturated heterocycles. The largest absolute Gasteiger partial charge is 0.490 e. The van der Waals surface area contributed by atoms with Crippen LogP contribution < -0.4 is 14.0 Å². The van der Waals surface area contributed by atoms with Crippen LogP contribution in [0.1, 0.15) is 11.1 Å². The molecule has 1 atom stereocenters. The van der Waals surface area contributed by atoms with Crippen molar-refractivity contribution >= 4 is 32.3 Å². The summed E-state index contributed by atoms with van der Waals surface area (Å²) in [6.45, 7) is 0. The van der Waals surface area contributed by atoms with Gasteiger partial charge in [-0.15, -0.1) is 0 Å². The van der Waals surface area contributed by atoms with Gasteiger partial charge in [0, 0.05) is 0 Å². The van der Waals surface area contributed by atoms with Gasteiger partial charge in [0.1, 0.15) is 14.5 Å². The molecule has 0 fully saturated rings. The summed E-state index contributed by atoms with van der Waals surface area (Å²) in [5, 5.41) is 1.36. The van der Waals surface area contributed by atoms with Crippen molar-refractivity contribution in [2.24, 2.45) is 0 Å². The molecule has 0 N–H and O–H groups in total. The van der Waals surface area contributed by atoms with Crippen LogP contribution >= 0.6 is 22.5 Å². The first-order valence-corrected chi connectivity index (χ1v) is 13.2. The summed E-state index contributed by atoms with van der Waals surface area (Å²) < 4.78 is 50.9. The zero-order chi connectivity index (χ0) is 24.1. The Bertz CT molecular complexity index is 1220. The SMILES string of the molecule is COC1=CC(=CC2=CC(c3ccccc3)=S(O[Cl+3]([O-])([O-])[O-])C(c3ccccc3)=C2)C=C(OC)S1. The molecular weight excluding hydrogens is 496 g/mol. The van der Waals surface area contributed by atoms with E-state index in [4.69, 9.17) is 13.2 Å². The van der Waals surface area contributed by atoms with Crippen LogP contribution in [-0.4, -0.2) is 19.1 Å². The van der Waals surface area contributed by atoms with Crippen LogP contribution in [0, 0.1) is 10.2 Å². The van der Waals surface area contributed by atoms with Crippen molar-refractivity contribution in [3.63, 3.8) is 0 Å². The Kier molecular flexibility index (Phi) is 7.80. The van der Waals surface area contributed by atoms with E-state index in [1.54, 1.807) is 14.2 Å². The van der Waals surface area contributed by atoms with Gasteiger partial charge in [-0.2, -0.15) is 14.0 Å². The van der Waals surface area contributed by atoms with Crippen molar-refractivity contribution in [2.75, 3.05) is 14.2 Å². The molecule has 0 aromatic heterocycles. The van der Waals surface area contributed by atoms with E-state index < -0.39 is 21.0 Å². The van der Waals surface area contributed by atoms with Crippen LogP contribution in [-0.2, 0) is 13.2 Å². The van der Waals surface area contributed by atoms with Crippen LogP contribution in [0.5, 0.6) is 0 Å². The molecule has 2 aliphatic heterocycles. The Balaban J connectivity index is 1.92. The summed E-state index contributed by atoms with van der Waals surface area (Å²) in [7, 11) is -2.94. The number of rotatable bonds is 7. The first kappa shape index (κ1) is 24.6. The summed E-state index contributed by atoms with van der Waals surface area (Å²) >= 11 is 1.37. The van der Waals surface area contributed by atoms with Gasteiger partial charge in [-0.05, 0) is 64.4 Å². The van der Waals surface area contributed by atoms with E-state index in [0.717, 1.165) is 22.3 Å². The Labute approximate surface area is 207 Å². The summed E-state index contributed by atoms with van der Waals surface area (Å²) in [6.07, 6.45) is 9.38. The maximum Gasteiger partial charge on any atom is 0.161 e. The minimum atomic E-state index is -4.66. The monoisotopic (exact) mass is 516 g/mol. The average Bonchev–Trinajstić information content (AvgIpc) is 2.84. The van der Waals surface area contributed by atoms with Crippen molar-refractivity contribution < 1.29 is 37.4 Å². The van der Waals surface area contributed by atoms with E-state index in [9.17, 15) is 14.0 Å². The van der Waals surface area contributed by atoms with Crippen molar-refractivity contribution in [3.05, 3.63) is 123 Å². The van der Waals surface area contributed by atoms with Gasteiger partial charge in [0.2, 0.25) is 0 Å². The van der Waals surface area contributed by atoms with Gasteiger partial charge >= 0.3 is 0 Å². The normalized spacial score (nSPS) is 18.4. The maximum atomic E-state index is 11.7. The molecule has 6 nitrogen and oxygen atoms in total. The molecule has 0 bridgehead atoms. The highest BCUT2D eigenvalue weighted by Crippen LogP contribution is 2.44. The van der Waals surface area contributed by atoms with E-state index in [1.165, 1.54) is 11.8 Å². The van der Waals surface area contributed by atoms with Gasteiger partial charge in [-0.3, -0.25) is 0 Å². The van der Waals surface area contributed by atoms with Crippen LogP contribution in [0.3, 0.4) is 0 Å². The topological polar surface area (TPSA) is 96.9 Å². The minimum absolute atomic E-state index is 0.581. The Hall–Kier alpha value is -2.56. The van der Waals surface area contributed by atoms with Crippen molar-refractivity contribution in [1.29, 1.82) is 0 Å². The maximum absolute atomic E-state index is 11.7. The number of benzene rings is 2.